The molecule has 2 N–H and O–H groups in total. The summed E-state index contributed by atoms with van der Waals surface area (Å²) in [6.07, 6.45) is 0.314. The Hall–Kier alpha value is -5.57. The number of amides is 4. The molecule has 2 unspecified atom stereocenters. The van der Waals surface area contributed by atoms with Crippen molar-refractivity contribution in [2.24, 2.45) is 0 Å². The number of ether oxygens (including phenoxy) is 2. The highest BCUT2D eigenvalue weighted by Crippen LogP contribution is 2.38. The van der Waals surface area contributed by atoms with Crippen LogP contribution in [-0.4, -0.2) is 60.4 Å². The van der Waals surface area contributed by atoms with Crippen LogP contribution < -0.4 is 20.1 Å². The molecule has 2 heterocycles. The molecule has 0 saturated carbocycles. The summed E-state index contributed by atoms with van der Waals surface area (Å²) in [4.78, 5) is 44.1. The highest BCUT2D eigenvalue weighted by atomic mass is 16.5. The Morgan fingerprint density at radius 2 is 1.51 bits per heavy atom. The van der Waals surface area contributed by atoms with E-state index in [4.69, 9.17) is 9.47 Å². The normalized spacial score (nSPS) is 16.6. The summed E-state index contributed by atoms with van der Waals surface area (Å²) < 4.78 is 11.8. The zero-order valence-corrected chi connectivity index (χ0v) is 24.9. The first-order valence-corrected chi connectivity index (χ1v) is 14.9. The maximum absolute atomic E-state index is 14.3. The van der Waals surface area contributed by atoms with Gasteiger partial charge in [0.2, 0.25) is 5.91 Å². The van der Waals surface area contributed by atoms with Crippen LogP contribution in [0.3, 0.4) is 0 Å². The number of benzene rings is 4. The largest absolute Gasteiger partial charge is 0.492 e. The number of carbonyl (C=O) groups excluding carboxylic acids is 3. The van der Waals surface area contributed by atoms with Crippen molar-refractivity contribution in [2.45, 2.75) is 18.5 Å². The quantitative estimate of drug-likeness (QED) is 0.234. The van der Waals surface area contributed by atoms with Crippen molar-refractivity contribution in [2.75, 3.05) is 26.7 Å². The van der Waals surface area contributed by atoms with E-state index in [1.165, 1.54) is 4.90 Å². The molecule has 0 saturated heterocycles. The number of rotatable bonds is 11. The van der Waals surface area contributed by atoms with Crippen LogP contribution in [0, 0.1) is 0 Å². The van der Waals surface area contributed by atoms with E-state index < -0.39 is 12.1 Å². The number of urea groups is 1. The number of hydrogen-bond acceptors (Lipinski definition) is 5. The molecule has 2 atom stereocenters. The monoisotopic (exact) mass is 602 g/mol. The molecule has 0 fully saturated rings. The third-order valence-electron chi connectivity index (χ3n) is 7.92. The van der Waals surface area contributed by atoms with Gasteiger partial charge in [-0.2, -0.15) is 0 Å². The molecule has 2 aliphatic rings. The van der Waals surface area contributed by atoms with Gasteiger partial charge in [-0.15, -0.1) is 0 Å². The molecule has 0 spiro atoms. The van der Waals surface area contributed by atoms with Crippen LogP contribution in [0.2, 0.25) is 0 Å². The third-order valence-corrected chi connectivity index (χ3v) is 7.92. The summed E-state index contributed by atoms with van der Waals surface area (Å²) >= 11 is 0. The number of hydrogen-bond donors (Lipinski definition) is 2. The van der Waals surface area contributed by atoms with E-state index in [1.54, 1.807) is 11.9 Å². The van der Waals surface area contributed by atoms with E-state index in [9.17, 15) is 14.4 Å². The van der Waals surface area contributed by atoms with Gasteiger partial charge in [-0.1, -0.05) is 78.9 Å². The van der Waals surface area contributed by atoms with Crippen LogP contribution in [0.1, 0.15) is 17.2 Å². The van der Waals surface area contributed by atoms with Gasteiger partial charge in [0, 0.05) is 13.5 Å². The standard InChI is InChI=1S/C36H34N4O5/c1-39-31-24-40(30(22-25-12-5-2-6-13-25)34(41)37-20-21-44-27-15-7-3-8-16-27)35(42)32(31)33(38-36(39)43)26-14-11-19-29(23-26)45-28-17-9-4-10-18-28/h2-19,23,30,33H,20-22,24H2,1H3,(H,37,41)(H,38,43). The molecule has 0 radical (unpaired) electrons. The Bertz CT molecular complexity index is 1690. The van der Waals surface area contributed by atoms with Crippen LogP contribution in [-0.2, 0) is 16.0 Å². The molecule has 6 rings (SSSR count). The Balaban J connectivity index is 1.24. The molecule has 4 amide bonds. The minimum absolute atomic E-state index is 0.125. The van der Waals surface area contributed by atoms with Crippen molar-refractivity contribution >= 4 is 17.8 Å². The molecule has 4 aromatic rings. The lowest BCUT2D eigenvalue weighted by Crippen LogP contribution is -2.50. The predicted molar refractivity (Wildman–Crippen MR) is 170 cm³/mol. The summed E-state index contributed by atoms with van der Waals surface area (Å²) in [6.45, 7) is 0.673. The van der Waals surface area contributed by atoms with Crippen LogP contribution in [0.25, 0.3) is 0 Å². The zero-order valence-electron chi connectivity index (χ0n) is 24.9. The van der Waals surface area contributed by atoms with Crippen molar-refractivity contribution in [3.05, 3.63) is 138 Å². The molecular formula is C36H34N4O5. The van der Waals surface area contributed by atoms with E-state index in [-0.39, 0.29) is 37.5 Å². The van der Waals surface area contributed by atoms with Crippen LogP contribution in [0.4, 0.5) is 4.79 Å². The molecule has 9 heteroatoms. The van der Waals surface area contributed by atoms with Crippen molar-refractivity contribution in [3.8, 4) is 17.2 Å². The average Bonchev–Trinajstić information content (AvgIpc) is 3.41. The van der Waals surface area contributed by atoms with Gasteiger partial charge in [0.15, 0.2) is 0 Å². The number of likely N-dealkylation sites (N-methyl/N-ethyl adjacent to an activating group) is 1. The molecular weight excluding hydrogens is 568 g/mol. The van der Waals surface area contributed by atoms with E-state index in [0.717, 1.165) is 5.56 Å². The van der Waals surface area contributed by atoms with E-state index in [1.807, 2.05) is 115 Å². The number of carbonyl (C=O) groups is 3. The van der Waals surface area contributed by atoms with Crippen molar-refractivity contribution in [3.63, 3.8) is 0 Å². The lowest BCUT2D eigenvalue weighted by molar-refractivity contribution is -0.136. The van der Waals surface area contributed by atoms with Crippen molar-refractivity contribution in [1.29, 1.82) is 0 Å². The predicted octanol–water partition coefficient (Wildman–Crippen LogP) is 5.08. The van der Waals surface area contributed by atoms with Crippen molar-refractivity contribution in [1.82, 2.24) is 20.4 Å². The maximum Gasteiger partial charge on any atom is 0.322 e. The van der Waals surface area contributed by atoms with E-state index in [0.29, 0.717) is 40.5 Å². The van der Waals surface area contributed by atoms with Gasteiger partial charge in [0.05, 0.1) is 30.4 Å². The molecule has 4 aromatic carbocycles. The minimum Gasteiger partial charge on any atom is -0.492 e. The number of nitrogens with zero attached hydrogens (tertiary/aromatic N) is 2. The van der Waals surface area contributed by atoms with Gasteiger partial charge in [-0.05, 0) is 47.5 Å². The van der Waals surface area contributed by atoms with Crippen LogP contribution in [0.5, 0.6) is 17.2 Å². The molecule has 0 aromatic heterocycles. The second-order valence-electron chi connectivity index (χ2n) is 10.9. The van der Waals surface area contributed by atoms with E-state index >= 15 is 0 Å². The summed E-state index contributed by atoms with van der Waals surface area (Å²) in [7, 11) is 1.64. The SMILES string of the molecule is CN1C(=O)NC(c2cccc(Oc3ccccc3)c2)C2=C1CN(C(Cc1ccccc1)C(=O)NCCOc1ccccc1)C2=O. The fraction of sp³-hybridized carbons (Fsp3) is 0.194. The van der Waals surface area contributed by atoms with Gasteiger partial charge in [0.25, 0.3) is 5.91 Å². The molecule has 0 bridgehead atoms. The highest BCUT2D eigenvalue weighted by Gasteiger charge is 2.46. The molecule has 9 nitrogen and oxygen atoms in total. The lowest BCUT2D eigenvalue weighted by Gasteiger charge is -2.31. The molecule has 45 heavy (non-hydrogen) atoms. The average molecular weight is 603 g/mol. The fourth-order valence-corrected chi connectivity index (χ4v) is 5.63. The second-order valence-corrected chi connectivity index (χ2v) is 10.9. The second kappa shape index (κ2) is 13.4. The Labute approximate surface area is 262 Å². The fourth-order valence-electron chi connectivity index (χ4n) is 5.63. The van der Waals surface area contributed by atoms with Gasteiger partial charge >= 0.3 is 6.03 Å². The van der Waals surface area contributed by atoms with Crippen molar-refractivity contribution < 1.29 is 23.9 Å². The molecule has 0 aliphatic carbocycles. The first-order chi connectivity index (χ1) is 22.0. The van der Waals surface area contributed by atoms with E-state index in [2.05, 4.69) is 10.6 Å². The first-order valence-electron chi connectivity index (χ1n) is 14.9. The molecule has 228 valence electrons. The summed E-state index contributed by atoms with van der Waals surface area (Å²) in [6, 6.07) is 33.9. The Morgan fingerprint density at radius 3 is 2.22 bits per heavy atom. The Morgan fingerprint density at radius 1 is 0.867 bits per heavy atom. The van der Waals surface area contributed by atoms with Crippen LogP contribution in [0.15, 0.2) is 127 Å². The smallest absolute Gasteiger partial charge is 0.322 e. The van der Waals surface area contributed by atoms with Gasteiger partial charge < -0.3 is 25.0 Å². The summed E-state index contributed by atoms with van der Waals surface area (Å²) in [5.41, 5.74) is 2.63. The zero-order chi connectivity index (χ0) is 31.2. The summed E-state index contributed by atoms with van der Waals surface area (Å²) in [5, 5.41) is 5.94. The van der Waals surface area contributed by atoms with Gasteiger partial charge in [-0.3, -0.25) is 14.5 Å². The number of nitrogens with one attached hydrogen (secondary N) is 2. The highest BCUT2D eigenvalue weighted by molar-refractivity contribution is 6.03. The molecule has 2 aliphatic heterocycles. The van der Waals surface area contributed by atoms with Gasteiger partial charge in [0.1, 0.15) is 29.9 Å². The topological polar surface area (TPSA) is 100 Å². The third kappa shape index (κ3) is 6.67. The maximum atomic E-state index is 14.3. The number of para-hydroxylation sites is 2. The minimum atomic E-state index is -0.806. The van der Waals surface area contributed by atoms with Crippen LogP contribution >= 0.6 is 0 Å². The lowest BCUT2D eigenvalue weighted by atomic mass is 9.95. The summed E-state index contributed by atoms with van der Waals surface area (Å²) in [5.74, 6) is 1.38. The first kappa shape index (κ1) is 29.5. The Kier molecular flexibility index (Phi) is 8.77. The van der Waals surface area contributed by atoms with Gasteiger partial charge in [-0.25, -0.2) is 4.79 Å².